The van der Waals surface area contributed by atoms with E-state index in [0.717, 1.165) is 5.56 Å². The first kappa shape index (κ1) is 15.5. The second kappa shape index (κ2) is 7.11. The highest BCUT2D eigenvalue weighted by atomic mass is 35.5. The number of carbonyl (C=O) groups is 2. The molecule has 0 aliphatic carbocycles. The molecule has 0 aromatic heterocycles. The molecule has 0 spiro atoms. The summed E-state index contributed by atoms with van der Waals surface area (Å²) >= 11 is 0. The highest BCUT2D eigenvalue weighted by Gasteiger charge is 2.29. The molecule has 104 valence electrons. The minimum absolute atomic E-state index is 0. The van der Waals surface area contributed by atoms with Gasteiger partial charge in [0.15, 0.2) is 0 Å². The van der Waals surface area contributed by atoms with E-state index in [1.165, 1.54) is 0 Å². The van der Waals surface area contributed by atoms with Crippen LogP contribution in [0.2, 0.25) is 0 Å². The van der Waals surface area contributed by atoms with Crippen molar-refractivity contribution >= 4 is 24.2 Å². The van der Waals surface area contributed by atoms with Gasteiger partial charge in [0.05, 0.1) is 12.5 Å². The van der Waals surface area contributed by atoms with Crippen LogP contribution >= 0.6 is 12.4 Å². The maximum Gasteiger partial charge on any atom is 0.240 e. The molecule has 2 rings (SSSR count). The number of benzene rings is 1. The van der Waals surface area contributed by atoms with Crippen LogP contribution in [0, 0.1) is 0 Å². The quantitative estimate of drug-likeness (QED) is 0.834. The monoisotopic (exact) mass is 283 g/mol. The first-order valence-electron chi connectivity index (χ1n) is 6.01. The van der Waals surface area contributed by atoms with Gasteiger partial charge in [-0.2, -0.15) is 0 Å². The summed E-state index contributed by atoms with van der Waals surface area (Å²) in [5.74, 6) is -0.508. The number of piperazine rings is 1. The van der Waals surface area contributed by atoms with Crippen molar-refractivity contribution in [2.75, 3.05) is 13.1 Å². The minimum atomic E-state index is -0.472. The number of rotatable bonds is 4. The second-order valence-electron chi connectivity index (χ2n) is 4.42. The van der Waals surface area contributed by atoms with Crippen molar-refractivity contribution in [3.63, 3.8) is 0 Å². The lowest BCUT2D eigenvalue weighted by Gasteiger charge is -2.32. The summed E-state index contributed by atoms with van der Waals surface area (Å²) in [6, 6.07) is 9.33. The van der Waals surface area contributed by atoms with Crippen LogP contribution < -0.4 is 11.1 Å². The molecule has 0 bridgehead atoms. The largest absolute Gasteiger partial charge is 0.370 e. The summed E-state index contributed by atoms with van der Waals surface area (Å²) in [6.07, 6.45) is 0.0596. The minimum Gasteiger partial charge on any atom is -0.370 e. The molecule has 1 atom stereocenters. The van der Waals surface area contributed by atoms with Gasteiger partial charge in [-0.1, -0.05) is 30.3 Å². The molecule has 3 N–H and O–H groups in total. The van der Waals surface area contributed by atoms with Gasteiger partial charge in [-0.3, -0.25) is 9.59 Å². The van der Waals surface area contributed by atoms with Gasteiger partial charge in [0.25, 0.3) is 0 Å². The fourth-order valence-electron chi connectivity index (χ4n) is 2.11. The number of hydrogen-bond acceptors (Lipinski definition) is 3. The number of nitrogens with one attached hydrogen (secondary N) is 1. The fourth-order valence-corrected chi connectivity index (χ4v) is 2.11. The van der Waals surface area contributed by atoms with E-state index >= 15 is 0 Å². The molecule has 0 radical (unpaired) electrons. The zero-order valence-corrected chi connectivity index (χ0v) is 11.4. The first-order chi connectivity index (χ1) is 8.66. The van der Waals surface area contributed by atoms with Gasteiger partial charge in [0.1, 0.15) is 0 Å². The summed E-state index contributed by atoms with van der Waals surface area (Å²) in [6.45, 7) is 1.93. The molecular formula is C13H18ClN3O2. The molecule has 1 aliphatic heterocycles. The maximum atomic E-state index is 12.1. The summed E-state index contributed by atoms with van der Waals surface area (Å²) in [7, 11) is 0. The van der Waals surface area contributed by atoms with E-state index in [-0.39, 0.29) is 24.7 Å². The molecule has 6 heteroatoms. The standard InChI is InChI=1S/C13H17N3O2.ClH/c14-12(17)8-11-13(18)16(7-6-15-11)9-10-4-2-1-3-5-10;/h1-5,11,15H,6-9H2,(H2,14,17);1H. The van der Waals surface area contributed by atoms with Crippen LogP contribution in [0.25, 0.3) is 0 Å². The number of carbonyl (C=O) groups excluding carboxylic acids is 2. The molecule has 1 fully saturated rings. The van der Waals surface area contributed by atoms with Gasteiger partial charge in [-0.05, 0) is 5.56 Å². The Morgan fingerprint density at radius 2 is 2.05 bits per heavy atom. The fraction of sp³-hybridized carbons (Fsp3) is 0.385. The molecule has 1 saturated heterocycles. The molecule has 19 heavy (non-hydrogen) atoms. The zero-order valence-electron chi connectivity index (χ0n) is 10.5. The van der Waals surface area contributed by atoms with Crippen molar-refractivity contribution in [2.45, 2.75) is 19.0 Å². The van der Waals surface area contributed by atoms with Crippen molar-refractivity contribution in [3.05, 3.63) is 35.9 Å². The number of primary amides is 1. The van der Waals surface area contributed by atoms with Gasteiger partial charge in [-0.25, -0.2) is 0 Å². The molecule has 1 aromatic carbocycles. The Kier molecular flexibility index (Phi) is 5.79. The van der Waals surface area contributed by atoms with Crippen LogP contribution in [0.1, 0.15) is 12.0 Å². The highest BCUT2D eigenvalue weighted by Crippen LogP contribution is 2.10. The zero-order chi connectivity index (χ0) is 13.0. The molecule has 1 unspecified atom stereocenters. The van der Waals surface area contributed by atoms with Crippen molar-refractivity contribution in [3.8, 4) is 0 Å². The van der Waals surface area contributed by atoms with Crippen LogP contribution in [0.3, 0.4) is 0 Å². The predicted molar refractivity (Wildman–Crippen MR) is 74.7 cm³/mol. The van der Waals surface area contributed by atoms with Crippen LogP contribution in [-0.2, 0) is 16.1 Å². The lowest BCUT2D eigenvalue weighted by molar-refractivity contribution is -0.138. The smallest absolute Gasteiger partial charge is 0.240 e. The third-order valence-electron chi connectivity index (χ3n) is 3.00. The number of amides is 2. The van der Waals surface area contributed by atoms with E-state index in [4.69, 9.17) is 5.73 Å². The first-order valence-corrected chi connectivity index (χ1v) is 6.01. The van der Waals surface area contributed by atoms with Gasteiger partial charge in [0.2, 0.25) is 11.8 Å². The summed E-state index contributed by atoms with van der Waals surface area (Å²) in [4.78, 5) is 24.8. The van der Waals surface area contributed by atoms with E-state index in [1.807, 2.05) is 30.3 Å². The third kappa shape index (κ3) is 4.22. The van der Waals surface area contributed by atoms with E-state index in [0.29, 0.717) is 19.6 Å². The van der Waals surface area contributed by atoms with Gasteiger partial charge >= 0.3 is 0 Å². The Labute approximate surface area is 118 Å². The Morgan fingerprint density at radius 3 is 2.68 bits per heavy atom. The molecule has 5 nitrogen and oxygen atoms in total. The Morgan fingerprint density at radius 1 is 1.37 bits per heavy atom. The number of nitrogens with zero attached hydrogens (tertiary/aromatic N) is 1. The van der Waals surface area contributed by atoms with E-state index < -0.39 is 11.9 Å². The molecular weight excluding hydrogens is 266 g/mol. The number of halogens is 1. The SMILES string of the molecule is Cl.NC(=O)CC1NCCN(Cc2ccccc2)C1=O. The van der Waals surface area contributed by atoms with E-state index in [9.17, 15) is 9.59 Å². The maximum absolute atomic E-state index is 12.1. The van der Waals surface area contributed by atoms with Gasteiger partial charge in [-0.15, -0.1) is 12.4 Å². The Hall–Kier alpha value is -1.59. The molecule has 1 heterocycles. The predicted octanol–water partition coefficient (Wildman–Crippen LogP) is 0.284. The van der Waals surface area contributed by atoms with Gasteiger partial charge < -0.3 is 16.0 Å². The van der Waals surface area contributed by atoms with E-state index in [2.05, 4.69) is 5.32 Å². The summed E-state index contributed by atoms with van der Waals surface area (Å²) in [5.41, 5.74) is 6.22. The summed E-state index contributed by atoms with van der Waals surface area (Å²) in [5, 5.41) is 3.02. The molecule has 1 aliphatic rings. The van der Waals surface area contributed by atoms with Gasteiger partial charge in [0, 0.05) is 19.6 Å². The van der Waals surface area contributed by atoms with Crippen molar-refractivity contribution in [2.24, 2.45) is 5.73 Å². The van der Waals surface area contributed by atoms with Crippen molar-refractivity contribution < 1.29 is 9.59 Å². The van der Waals surface area contributed by atoms with Crippen LogP contribution in [0.15, 0.2) is 30.3 Å². The third-order valence-corrected chi connectivity index (χ3v) is 3.00. The number of hydrogen-bond donors (Lipinski definition) is 2. The van der Waals surface area contributed by atoms with Crippen molar-refractivity contribution in [1.29, 1.82) is 0 Å². The average molecular weight is 284 g/mol. The average Bonchev–Trinajstić information content (AvgIpc) is 2.35. The topological polar surface area (TPSA) is 75.4 Å². The van der Waals surface area contributed by atoms with Crippen LogP contribution in [0.5, 0.6) is 0 Å². The van der Waals surface area contributed by atoms with E-state index in [1.54, 1.807) is 4.90 Å². The Balaban J connectivity index is 0.00000180. The lowest BCUT2D eigenvalue weighted by Crippen LogP contribution is -2.55. The lowest BCUT2D eigenvalue weighted by atomic mass is 10.1. The highest BCUT2D eigenvalue weighted by molar-refractivity contribution is 5.88. The summed E-state index contributed by atoms with van der Waals surface area (Å²) < 4.78 is 0. The normalized spacial score (nSPS) is 18.8. The van der Waals surface area contributed by atoms with Crippen LogP contribution in [0.4, 0.5) is 0 Å². The molecule has 2 amide bonds. The second-order valence-corrected chi connectivity index (χ2v) is 4.42. The molecule has 0 saturated carbocycles. The number of nitrogens with two attached hydrogens (primary N) is 1. The van der Waals surface area contributed by atoms with Crippen LogP contribution in [-0.4, -0.2) is 35.8 Å². The van der Waals surface area contributed by atoms with Crippen molar-refractivity contribution in [1.82, 2.24) is 10.2 Å². The molecule has 1 aromatic rings. The Bertz CT molecular complexity index is 439.